The summed E-state index contributed by atoms with van der Waals surface area (Å²) in [6, 6.07) is 20.8. The number of sulfonamides is 1. The second kappa shape index (κ2) is 10.6. The number of benzene rings is 3. The molecule has 0 aliphatic carbocycles. The van der Waals surface area contributed by atoms with E-state index in [0.717, 1.165) is 4.31 Å². The first kappa shape index (κ1) is 24.9. The van der Waals surface area contributed by atoms with E-state index in [9.17, 15) is 13.2 Å². The fraction of sp³-hybridized carbons (Fsp3) is 0.115. The Kier molecular flexibility index (Phi) is 7.50. The Morgan fingerprint density at radius 3 is 2.46 bits per heavy atom. The molecule has 0 atom stereocenters. The van der Waals surface area contributed by atoms with Crippen molar-refractivity contribution in [2.24, 2.45) is 0 Å². The molecule has 35 heavy (non-hydrogen) atoms. The Morgan fingerprint density at radius 1 is 1.03 bits per heavy atom. The topological polar surface area (TPSA) is 75.7 Å². The van der Waals surface area contributed by atoms with Crippen molar-refractivity contribution in [2.75, 3.05) is 24.0 Å². The van der Waals surface area contributed by atoms with E-state index in [1.54, 1.807) is 66.7 Å². The Balaban J connectivity index is 1.74. The fourth-order valence-corrected chi connectivity index (χ4v) is 5.92. The molecule has 0 spiro atoms. The highest BCUT2D eigenvalue weighted by molar-refractivity contribution is 7.97. The highest BCUT2D eigenvalue weighted by Crippen LogP contribution is 2.43. The van der Waals surface area contributed by atoms with Crippen LogP contribution in [0.3, 0.4) is 0 Å². The molecule has 3 aromatic carbocycles. The number of anilines is 1. The minimum atomic E-state index is -4.22. The van der Waals surface area contributed by atoms with Gasteiger partial charge in [0, 0.05) is 16.2 Å². The first-order valence-corrected chi connectivity index (χ1v) is 12.9. The van der Waals surface area contributed by atoms with Crippen molar-refractivity contribution in [2.45, 2.75) is 0 Å². The molecule has 0 saturated carbocycles. The van der Waals surface area contributed by atoms with Crippen molar-refractivity contribution in [3.05, 3.63) is 112 Å². The summed E-state index contributed by atoms with van der Waals surface area (Å²) in [6.45, 7) is 3.83. The average molecular weight is 529 g/mol. The molecule has 3 aromatic rings. The van der Waals surface area contributed by atoms with Crippen LogP contribution in [0.5, 0.6) is 5.75 Å². The maximum Gasteiger partial charge on any atom is 0.270 e. The summed E-state index contributed by atoms with van der Waals surface area (Å²) in [4.78, 5) is 13.0. The van der Waals surface area contributed by atoms with Gasteiger partial charge in [-0.15, -0.1) is 6.58 Å². The normalized spacial score (nSPS) is 14.3. The van der Waals surface area contributed by atoms with E-state index >= 15 is 0 Å². The zero-order valence-electron chi connectivity index (χ0n) is 18.6. The predicted molar refractivity (Wildman–Crippen MR) is 140 cm³/mol. The van der Waals surface area contributed by atoms with Crippen LogP contribution in [-0.2, 0) is 14.8 Å². The smallest absolute Gasteiger partial charge is 0.270 e. The van der Waals surface area contributed by atoms with Gasteiger partial charge < -0.3 is 10.1 Å². The Labute approximate surface area is 214 Å². The molecule has 1 aliphatic heterocycles. The van der Waals surface area contributed by atoms with Gasteiger partial charge in [-0.05, 0) is 35.9 Å². The third-order valence-corrected chi connectivity index (χ3v) is 7.70. The summed E-state index contributed by atoms with van der Waals surface area (Å²) in [5.74, 6) is -0.273. The number of hydrogen-bond donors (Lipinski definition) is 1. The van der Waals surface area contributed by atoms with Gasteiger partial charge in [0.05, 0.1) is 23.8 Å². The number of hydrogen-bond acceptors (Lipinski definition) is 4. The lowest BCUT2D eigenvalue weighted by atomic mass is 9.95. The number of nitrogens with zero attached hydrogens (tertiary/aromatic N) is 1. The van der Waals surface area contributed by atoms with Crippen LogP contribution in [0.4, 0.5) is 5.69 Å². The second-order valence-corrected chi connectivity index (χ2v) is 10.2. The molecule has 0 saturated heterocycles. The van der Waals surface area contributed by atoms with E-state index < -0.39 is 15.9 Å². The van der Waals surface area contributed by atoms with Gasteiger partial charge in [0.15, 0.2) is 4.91 Å². The Bertz CT molecular complexity index is 1410. The van der Waals surface area contributed by atoms with Crippen molar-refractivity contribution in [1.82, 2.24) is 5.32 Å². The van der Waals surface area contributed by atoms with Crippen LogP contribution in [-0.4, -0.2) is 34.0 Å². The average Bonchev–Trinajstić information content (AvgIpc) is 2.84. The van der Waals surface area contributed by atoms with Crippen LogP contribution < -0.4 is 14.4 Å². The quantitative estimate of drug-likeness (QED) is 0.318. The van der Waals surface area contributed by atoms with Gasteiger partial charge in [-0.1, -0.05) is 71.7 Å². The number of para-hydroxylation sites is 1. The third-order valence-electron chi connectivity index (χ3n) is 5.32. The molecule has 0 radical (unpaired) electrons. The molecule has 6 nitrogen and oxygen atoms in total. The fourth-order valence-electron chi connectivity index (χ4n) is 3.82. The molecule has 1 amide bonds. The van der Waals surface area contributed by atoms with E-state index in [1.165, 1.54) is 6.08 Å². The van der Waals surface area contributed by atoms with Gasteiger partial charge in [0.1, 0.15) is 12.4 Å². The minimum Gasteiger partial charge on any atom is -0.490 e. The maximum absolute atomic E-state index is 13.8. The number of carbonyl (C=O) groups excluding carboxylic acids is 1. The SMILES string of the molecule is C=CCN1c2ccc(Cl)cc2C(c2ccccc2)=C(C(=O)NCCOc2ccccc2Cl)S1(=O)=O. The number of carbonyl (C=O) groups is 1. The molecule has 0 aromatic heterocycles. The first-order chi connectivity index (χ1) is 16.8. The summed E-state index contributed by atoms with van der Waals surface area (Å²) in [5, 5.41) is 3.54. The zero-order valence-corrected chi connectivity index (χ0v) is 20.9. The molecular formula is C26H22Cl2N2O4S. The van der Waals surface area contributed by atoms with E-state index in [1.807, 2.05) is 6.07 Å². The molecule has 0 fully saturated rings. The lowest BCUT2D eigenvalue weighted by Gasteiger charge is -2.33. The van der Waals surface area contributed by atoms with E-state index in [4.69, 9.17) is 27.9 Å². The second-order valence-electron chi connectivity index (χ2n) is 7.59. The molecular weight excluding hydrogens is 507 g/mol. The van der Waals surface area contributed by atoms with Crippen LogP contribution in [0.1, 0.15) is 11.1 Å². The largest absolute Gasteiger partial charge is 0.490 e. The molecule has 1 heterocycles. The van der Waals surface area contributed by atoms with Crippen molar-refractivity contribution in [3.63, 3.8) is 0 Å². The van der Waals surface area contributed by atoms with Crippen LogP contribution in [0.15, 0.2) is 90.4 Å². The number of ether oxygens (including phenoxy) is 1. The monoisotopic (exact) mass is 528 g/mol. The lowest BCUT2D eigenvalue weighted by Crippen LogP contribution is -2.42. The Morgan fingerprint density at radius 2 is 1.74 bits per heavy atom. The third kappa shape index (κ3) is 5.07. The number of rotatable bonds is 8. The first-order valence-electron chi connectivity index (χ1n) is 10.7. The highest BCUT2D eigenvalue weighted by atomic mass is 35.5. The van der Waals surface area contributed by atoms with Gasteiger partial charge in [-0.2, -0.15) is 0 Å². The van der Waals surface area contributed by atoms with E-state index in [2.05, 4.69) is 11.9 Å². The van der Waals surface area contributed by atoms with E-state index in [0.29, 0.717) is 32.6 Å². The molecule has 1 aliphatic rings. The van der Waals surface area contributed by atoms with Crippen molar-refractivity contribution < 1.29 is 17.9 Å². The van der Waals surface area contributed by atoms with Gasteiger partial charge in [-0.3, -0.25) is 9.10 Å². The lowest BCUT2D eigenvalue weighted by molar-refractivity contribution is -0.116. The van der Waals surface area contributed by atoms with E-state index in [-0.39, 0.29) is 30.2 Å². The van der Waals surface area contributed by atoms with Crippen molar-refractivity contribution >= 4 is 50.4 Å². The molecule has 1 N–H and O–H groups in total. The van der Waals surface area contributed by atoms with Gasteiger partial charge in [-0.25, -0.2) is 8.42 Å². The van der Waals surface area contributed by atoms with Crippen LogP contribution in [0.25, 0.3) is 5.57 Å². The van der Waals surface area contributed by atoms with Crippen molar-refractivity contribution in [1.29, 1.82) is 0 Å². The van der Waals surface area contributed by atoms with Gasteiger partial charge in [0.25, 0.3) is 15.9 Å². The number of nitrogens with one attached hydrogen (secondary N) is 1. The summed E-state index contributed by atoms with van der Waals surface area (Å²) in [7, 11) is -4.22. The number of fused-ring (bicyclic) bond motifs is 1. The summed E-state index contributed by atoms with van der Waals surface area (Å²) in [5.41, 5.74) is 1.83. The van der Waals surface area contributed by atoms with Crippen LogP contribution >= 0.6 is 23.2 Å². The molecule has 9 heteroatoms. The molecule has 4 rings (SSSR count). The summed E-state index contributed by atoms with van der Waals surface area (Å²) < 4.78 is 34.3. The molecule has 0 bridgehead atoms. The molecule has 0 unspecified atom stereocenters. The minimum absolute atomic E-state index is 0.00850. The standard InChI is InChI=1S/C26H22Cl2N2O4S/c1-2-15-30-22-13-12-19(27)17-20(22)24(18-8-4-3-5-9-18)25(35(30,32)33)26(31)29-14-16-34-23-11-7-6-10-21(23)28/h2-13,17H,1,14-16H2,(H,29,31). The summed E-state index contributed by atoms with van der Waals surface area (Å²) in [6.07, 6.45) is 1.47. The molecule has 180 valence electrons. The number of amides is 1. The van der Waals surface area contributed by atoms with Gasteiger partial charge in [0.2, 0.25) is 0 Å². The summed E-state index contributed by atoms with van der Waals surface area (Å²) >= 11 is 12.4. The Hall–Kier alpha value is -3.26. The van der Waals surface area contributed by atoms with Crippen molar-refractivity contribution in [3.8, 4) is 5.75 Å². The predicted octanol–water partition coefficient (Wildman–Crippen LogP) is 5.28. The highest BCUT2D eigenvalue weighted by Gasteiger charge is 2.40. The van der Waals surface area contributed by atoms with Crippen LogP contribution in [0.2, 0.25) is 10.0 Å². The van der Waals surface area contributed by atoms with Gasteiger partial charge >= 0.3 is 0 Å². The maximum atomic E-state index is 13.8. The number of halogens is 2. The van der Waals surface area contributed by atoms with Crippen LogP contribution in [0, 0.1) is 0 Å². The zero-order chi connectivity index (χ0) is 25.0.